The second-order valence-electron chi connectivity index (χ2n) is 6.77. The van der Waals surface area contributed by atoms with Gasteiger partial charge in [-0.05, 0) is 29.7 Å². The summed E-state index contributed by atoms with van der Waals surface area (Å²) < 4.78 is 10.1. The molecule has 1 saturated heterocycles. The van der Waals surface area contributed by atoms with Gasteiger partial charge in [-0.25, -0.2) is 9.59 Å². The van der Waals surface area contributed by atoms with Crippen molar-refractivity contribution < 1.29 is 19.1 Å². The van der Waals surface area contributed by atoms with Crippen molar-refractivity contribution in [1.29, 1.82) is 0 Å². The lowest BCUT2D eigenvalue weighted by atomic mass is 10.2. The molecule has 2 aromatic carbocycles. The number of carbonyl (C=O) groups excluding carboxylic acids is 3. The summed E-state index contributed by atoms with van der Waals surface area (Å²) in [6.07, 6.45) is 0. The Kier molecular flexibility index (Phi) is 5.62. The number of fused-ring (bicyclic) bond motifs is 1. The van der Waals surface area contributed by atoms with E-state index < -0.39 is 5.97 Å². The first kappa shape index (κ1) is 19.8. The van der Waals surface area contributed by atoms with Crippen LogP contribution in [0.3, 0.4) is 0 Å². The number of methoxy groups -OCH3 is 1. The van der Waals surface area contributed by atoms with Gasteiger partial charge in [-0.2, -0.15) is 4.37 Å². The molecule has 3 aromatic rings. The molecule has 154 valence electrons. The van der Waals surface area contributed by atoms with E-state index in [4.69, 9.17) is 4.74 Å². The third kappa shape index (κ3) is 3.84. The molecule has 0 bridgehead atoms. The number of urea groups is 1. The molecule has 1 aliphatic rings. The van der Waals surface area contributed by atoms with Crippen LogP contribution in [-0.2, 0) is 4.74 Å². The van der Waals surface area contributed by atoms with Crippen LogP contribution in [0, 0.1) is 0 Å². The van der Waals surface area contributed by atoms with Crippen molar-refractivity contribution in [2.45, 2.75) is 0 Å². The number of para-hydroxylation sites is 1. The van der Waals surface area contributed by atoms with E-state index in [1.54, 1.807) is 34.1 Å². The van der Waals surface area contributed by atoms with Crippen molar-refractivity contribution in [2.75, 3.05) is 38.6 Å². The van der Waals surface area contributed by atoms with Crippen molar-refractivity contribution in [3.63, 3.8) is 0 Å². The number of hydrogen-bond donors (Lipinski definition) is 1. The second kappa shape index (κ2) is 8.50. The van der Waals surface area contributed by atoms with Gasteiger partial charge in [-0.3, -0.25) is 4.79 Å². The lowest BCUT2D eigenvalue weighted by Gasteiger charge is -2.34. The van der Waals surface area contributed by atoms with E-state index in [1.807, 2.05) is 24.3 Å². The quantitative estimate of drug-likeness (QED) is 0.653. The van der Waals surface area contributed by atoms with Crippen LogP contribution in [0.5, 0.6) is 0 Å². The number of nitrogens with zero attached hydrogens (tertiary/aromatic N) is 3. The summed E-state index contributed by atoms with van der Waals surface area (Å²) in [7, 11) is 1.29. The molecule has 0 aliphatic carbocycles. The maximum Gasteiger partial charge on any atom is 0.339 e. The van der Waals surface area contributed by atoms with Gasteiger partial charge in [0.2, 0.25) is 0 Å². The number of nitrogens with one attached hydrogen (secondary N) is 1. The first-order valence-electron chi connectivity index (χ1n) is 9.45. The summed E-state index contributed by atoms with van der Waals surface area (Å²) in [4.78, 5) is 40.8. The van der Waals surface area contributed by atoms with Crippen LogP contribution in [-0.4, -0.2) is 65.4 Å². The van der Waals surface area contributed by atoms with Gasteiger partial charge in [0.1, 0.15) is 5.69 Å². The summed E-state index contributed by atoms with van der Waals surface area (Å²) in [5.41, 5.74) is 1.14. The lowest BCUT2D eigenvalue weighted by molar-refractivity contribution is 0.0600. The zero-order chi connectivity index (χ0) is 21.1. The van der Waals surface area contributed by atoms with Crippen molar-refractivity contribution in [3.05, 3.63) is 59.8 Å². The number of benzene rings is 2. The molecule has 1 N–H and O–H groups in total. The number of anilines is 1. The summed E-state index contributed by atoms with van der Waals surface area (Å²) >= 11 is 1.31. The number of amides is 3. The van der Waals surface area contributed by atoms with Crippen molar-refractivity contribution in [1.82, 2.24) is 14.2 Å². The standard InChI is InChI=1S/C21H20N4O4S/c1-29-20(27)14-6-2-4-8-16(14)22-21(28)25-12-10-24(11-13-25)19(26)18-15-7-3-5-9-17(15)30-23-18/h2-9H,10-13H2,1H3,(H,22,28). The highest BCUT2D eigenvalue weighted by Gasteiger charge is 2.27. The Balaban J connectivity index is 1.39. The zero-order valence-corrected chi connectivity index (χ0v) is 17.1. The third-order valence-electron chi connectivity index (χ3n) is 5.01. The largest absolute Gasteiger partial charge is 0.465 e. The topological polar surface area (TPSA) is 91.8 Å². The SMILES string of the molecule is COC(=O)c1ccccc1NC(=O)N1CCN(C(=O)c2nsc3ccccc23)CC1. The molecule has 30 heavy (non-hydrogen) atoms. The summed E-state index contributed by atoms with van der Waals surface area (Å²) in [5.74, 6) is -0.639. The first-order chi connectivity index (χ1) is 14.6. The molecule has 4 rings (SSSR count). The van der Waals surface area contributed by atoms with Gasteiger partial charge in [0, 0.05) is 31.6 Å². The highest BCUT2D eigenvalue weighted by atomic mass is 32.1. The van der Waals surface area contributed by atoms with Gasteiger partial charge in [0.05, 0.1) is 23.1 Å². The number of aromatic nitrogens is 1. The zero-order valence-electron chi connectivity index (χ0n) is 16.3. The third-order valence-corrected chi connectivity index (χ3v) is 5.83. The smallest absolute Gasteiger partial charge is 0.339 e. The molecule has 1 aromatic heterocycles. The van der Waals surface area contributed by atoms with Crippen molar-refractivity contribution in [2.24, 2.45) is 0 Å². The molecule has 0 atom stereocenters. The Bertz CT molecular complexity index is 1110. The van der Waals surface area contributed by atoms with E-state index in [-0.39, 0.29) is 17.5 Å². The Morgan fingerprint density at radius 1 is 0.967 bits per heavy atom. The van der Waals surface area contributed by atoms with E-state index in [0.717, 1.165) is 10.1 Å². The number of hydrogen-bond acceptors (Lipinski definition) is 6. The van der Waals surface area contributed by atoms with E-state index in [9.17, 15) is 14.4 Å². The predicted molar refractivity (Wildman–Crippen MR) is 114 cm³/mol. The molecule has 0 saturated carbocycles. The van der Waals surface area contributed by atoms with Crippen LogP contribution < -0.4 is 5.32 Å². The van der Waals surface area contributed by atoms with E-state index in [0.29, 0.717) is 37.6 Å². The highest BCUT2D eigenvalue weighted by molar-refractivity contribution is 7.13. The highest BCUT2D eigenvalue weighted by Crippen LogP contribution is 2.24. The normalized spacial score (nSPS) is 13.9. The van der Waals surface area contributed by atoms with Crippen molar-refractivity contribution >= 4 is 45.2 Å². The minimum absolute atomic E-state index is 0.122. The summed E-state index contributed by atoms with van der Waals surface area (Å²) in [6, 6.07) is 14.0. The molecule has 2 heterocycles. The summed E-state index contributed by atoms with van der Waals surface area (Å²) in [6.45, 7) is 1.60. The van der Waals surface area contributed by atoms with Gasteiger partial charge >= 0.3 is 12.0 Å². The molecule has 3 amide bonds. The van der Waals surface area contributed by atoms with Gasteiger partial charge in [-0.15, -0.1) is 0 Å². The fourth-order valence-corrected chi connectivity index (χ4v) is 4.15. The Labute approximate surface area is 177 Å². The molecule has 9 heteroatoms. The summed E-state index contributed by atoms with van der Waals surface area (Å²) in [5, 5.41) is 3.62. The number of piperazine rings is 1. The maximum atomic E-state index is 12.9. The van der Waals surface area contributed by atoms with Crippen LogP contribution in [0.25, 0.3) is 10.1 Å². The average Bonchev–Trinajstić information content (AvgIpc) is 3.22. The number of esters is 1. The van der Waals surface area contributed by atoms with Gasteiger partial charge in [-0.1, -0.05) is 30.3 Å². The van der Waals surface area contributed by atoms with Crippen LogP contribution in [0.4, 0.5) is 10.5 Å². The molecule has 1 fully saturated rings. The van der Waals surface area contributed by atoms with E-state index >= 15 is 0 Å². The molecule has 1 aliphatic heterocycles. The minimum Gasteiger partial charge on any atom is -0.465 e. The number of carbonyl (C=O) groups is 3. The average molecular weight is 424 g/mol. The maximum absolute atomic E-state index is 12.9. The molecule has 0 unspecified atom stereocenters. The molecular formula is C21H20N4O4S. The molecule has 8 nitrogen and oxygen atoms in total. The lowest BCUT2D eigenvalue weighted by Crippen LogP contribution is -2.51. The fraction of sp³-hybridized carbons (Fsp3) is 0.238. The first-order valence-corrected chi connectivity index (χ1v) is 10.2. The Hall–Kier alpha value is -3.46. The van der Waals surface area contributed by atoms with Crippen LogP contribution in [0.1, 0.15) is 20.8 Å². The van der Waals surface area contributed by atoms with Crippen LogP contribution in [0.2, 0.25) is 0 Å². The molecule has 0 radical (unpaired) electrons. The van der Waals surface area contributed by atoms with Gasteiger partial charge in [0.15, 0.2) is 0 Å². The Morgan fingerprint density at radius 3 is 2.40 bits per heavy atom. The minimum atomic E-state index is -0.517. The van der Waals surface area contributed by atoms with Crippen LogP contribution >= 0.6 is 11.5 Å². The monoisotopic (exact) mass is 424 g/mol. The molecular weight excluding hydrogens is 404 g/mol. The Morgan fingerprint density at radius 2 is 1.63 bits per heavy atom. The predicted octanol–water partition coefficient (Wildman–Crippen LogP) is 3.07. The van der Waals surface area contributed by atoms with E-state index in [2.05, 4.69) is 9.69 Å². The number of ether oxygens (including phenoxy) is 1. The second-order valence-corrected chi connectivity index (χ2v) is 7.58. The number of rotatable bonds is 3. The van der Waals surface area contributed by atoms with Gasteiger partial charge in [0.25, 0.3) is 5.91 Å². The fourth-order valence-electron chi connectivity index (χ4n) is 3.38. The van der Waals surface area contributed by atoms with E-state index in [1.165, 1.54) is 18.6 Å². The van der Waals surface area contributed by atoms with Crippen molar-refractivity contribution in [3.8, 4) is 0 Å². The van der Waals surface area contributed by atoms with Crippen LogP contribution in [0.15, 0.2) is 48.5 Å². The molecule has 0 spiro atoms. The van der Waals surface area contributed by atoms with Gasteiger partial charge < -0.3 is 19.9 Å².